The van der Waals surface area contributed by atoms with Crippen molar-refractivity contribution >= 4 is 11.9 Å². The minimum absolute atomic E-state index is 0.364. The van der Waals surface area contributed by atoms with Gasteiger partial charge in [0.05, 0.1) is 18.4 Å². The Morgan fingerprint density at radius 3 is 2.19 bits per heavy atom. The first-order valence-corrected chi connectivity index (χ1v) is 8.15. The monoisotopic (exact) mass is 375 g/mol. The first kappa shape index (κ1) is 19.9. The van der Waals surface area contributed by atoms with Crippen LogP contribution >= 0.6 is 0 Å². The number of ether oxygens (including phenoxy) is 2. The molecule has 6 nitrogen and oxygen atoms in total. The summed E-state index contributed by atoms with van der Waals surface area (Å²) in [6.45, 7) is 0.919. The van der Waals surface area contributed by atoms with E-state index >= 15 is 0 Å². The number of nitrogens with zero attached hydrogens (tertiary/aromatic N) is 1. The molecule has 1 N–H and O–H groups in total. The second kappa shape index (κ2) is 8.29. The second-order valence-electron chi connectivity index (χ2n) is 6.00. The minimum Gasteiger partial charge on any atom is -0.494 e. The van der Waals surface area contributed by atoms with Gasteiger partial charge in [-0.2, -0.15) is 13.2 Å². The highest BCUT2D eigenvalue weighted by Crippen LogP contribution is 2.37. The Bertz CT molecular complexity index is 632. The van der Waals surface area contributed by atoms with E-state index in [-0.39, 0.29) is 0 Å². The van der Waals surface area contributed by atoms with Crippen molar-refractivity contribution in [3.8, 4) is 11.5 Å². The van der Waals surface area contributed by atoms with Crippen LogP contribution < -0.4 is 9.47 Å². The highest BCUT2D eigenvalue weighted by atomic mass is 19.4. The Morgan fingerprint density at radius 1 is 1.15 bits per heavy atom. The van der Waals surface area contributed by atoms with E-state index in [1.807, 2.05) is 6.92 Å². The number of aliphatic carboxylic acids is 1. The van der Waals surface area contributed by atoms with Crippen molar-refractivity contribution in [3.05, 3.63) is 24.3 Å². The number of carbonyl (C=O) groups excluding carboxylic acids is 1. The van der Waals surface area contributed by atoms with Crippen molar-refractivity contribution in [2.45, 2.75) is 19.5 Å². The van der Waals surface area contributed by atoms with E-state index in [2.05, 4.69) is 0 Å². The van der Waals surface area contributed by atoms with Crippen molar-refractivity contribution < 1.29 is 37.3 Å². The molecule has 144 valence electrons. The van der Waals surface area contributed by atoms with E-state index in [0.29, 0.717) is 18.1 Å². The van der Waals surface area contributed by atoms with Crippen molar-refractivity contribution in [2.24, 2.45) is 11.8 Å². The predicted octanol–water partition coefficient (Wildman–Crippen LogP) is 2.58. The zero-order valence-electron chi connectivity index (χ0n) is 14.2. The van der Waals surface area contributed by atoms with E-state index in [9.17, 15) is 22.8 Å². The van der Waals surface area contributed by atoms with Gasteiger partial charge in [-0.15, -0.1) is 0 Å². The number of rotatable bonds is 7. The maximum Gasteiger partial charge on any atom is 0.394 e. The van der Waals surface area contributed by atoms with Gasteiger partial charge in [-0.3, -0.25) is 9.59 Å². The summed E-state index contributed by atoms with van der Waals surface area (Å²) in [6, 6.07) is 6.48. The molecule has 0 aliphatic carbocycles. The molecule has 1 aromatic carbocycles. The van der Waals surface area contributed by atoms with Gasteiger partial charge in [-0.05, 0) is 30.7 Å². The van der Waals surface area contributed by atoms with Gasteiger partial charge in [0.15, 0.2) is 6.61 Å². The topological polar surface area (TPSA) is 76.1 Å². The van der Waals surface area contributed by atoms with E-state index in [0.717, 1.165) is 11.3 Å². The summed E-state index contributed by atoms with van der Waals surface area (Å²) in [5.74, 6) is -4.97. The molecule has 1 aromatic rings. The highest BCUT2D eigenvalue weighted by Gasteiger charge is 2.53. The summed E-state index contributed by atoms with van der Waals surface area (Å²) in [4.78, 5) is 24.0. The number of alkyl halides is 3. The van der Waals surface area contributed by atoms with Crippen molar-refractivity contribution in [1.82, 2.24) is 4.90 Å². The Hall–Kier alpha value is -2.45. The molecule has 1 fully saturated rings. The summed E-state index contributed by atoms with van der Waals surface area (Å²) < 4.78 is 49.5. The average Bonchev–Trinajstić information content (AvgIpc) is 3.05. The molecule has 0 aromatic heterocycles. The van der Waals surface area contributed by atoms with Gasteiger partial charge in [0.2, 0.25) is 0 Å². The molecule has 9 heteroatoms. The maximum absolute atomic E-state index is 12.9. The zero-order chi connectivity index (χ0) is 19.3. The van der Waals surface area contributed by atoms with Gasteiger partial charge in [-0.1, -0.05) is 6.92 Å². The lowest BCUT2D eigenvalue weighted by Crippen LogP contribution is -2.35. The third-order valence-corrected chi connectivity index (χ3v) is 4.07. The van der Waals surface area contributed by atoms with Crippen LogP contribution in [-0.2, 0) is 9.59 Å². The number of amides is 1. The van der Waals surface area contributed by atoms with Gasteiger partial charge in [-0.25, -0.2) is 0 Å². The van der Waals surface area contributed by atoms with Crippen LogP contribution in [0.15, 0.2) is 24.3 Å². The third kappa shape index (κ3) is 5.03. The summed E-state index contributed by atoms with van der Waals surface area (Å²) in [5, 5.41) is 8.96. The fraction of sp³-hybridized carbons (Fsp3) is 0.529. The van der Waals surface area contributed by atoms with Crippen LogP contribution in [0.2, 0.25) is 0 Å². The summed E-state index contributed by atoms with van der Waals surface area (Å²) >= 11 is 0. The van der Waals surface area contributed by atoms with Gasteiger partial charge < -0.3 is 19.5 Å². The molecule has 1 aliphatic heterocycles. The molecule has 0 saturated carbocycles. The zero-order valence-corrected chi connectivity index (χ0v) is 14.2. The second-order valence-corrected chi connectivity index (χ2v) is 6.00. The van der Waals surface area contributed by atoms with Crippen LogP contribution in [-0.4, -0.2) is 54.4 Å². The number of carboxylic acid groups (broad SMARTS) is 1. The Kier molecular flexibility index (Phi) is 6.33. The van der Waals surface area contributed by atoms with Gasteiger partial charge in [0.1, 0.15) is 11.5 Å². The number of hydrogen-bond donors (Lipinski definition) is 1. The average molecular weight is 375 g/mol. The summed E-state index contributed by atoms with van der Waals surface area (Å²) in [5.41, 5.74) is 0. The fourth-order valence-electron chi connectivity index (χ4n) is 2.68. The molecular weight excluding hydrogens is 355 g/mol. The molecule has 0 radical (unpaired) electrons. The van der Waals surface area contributed by atoms with Gasteiger partial charge in [0, 0.05) is 13.1 Å². The van der Waals surface area contributed by atoms with Crippen molar-refractivity contribution in [2.75, 3.05) is 26.3 Å². The van der Waals surface area contributed by atoms with Crippen LogP contribution in [0.25, 0.3) is 0 Å². The number of halogens is 3. The lowest BCUT2D eigenvalue weighted by molar-refractivity contribution is -0.188. The standard InChI is InChI=1S/C17H20F3NO5/c1-2-7-25-11-3-5-12(6-4-11)26-10-15(22)21-8-13(16(23)24)14(9-21)17(18,19)20/h3-6,13-14H,2,7-10H2,1H3,(H,23,24)/t13-,14-/m1/s1. The predicted molar refractivity (Wildman–Crippen MR) is 85.0 cm³/mol. The van der Waals surface area contributed by atoms with E-state index in [4.69, 9.17) is 14.6 Å². The highest BCUT2D eigenvalue weighted by molar-refractivity contribution is 5.80. The molecule has 0 spiro atoms. The summed E-state index contributed by atoms with van der Waals surface area (Å²) in [6.07, 6.45) is -3.81. The molecule has 1 heterocycles. The Labute approximate surface area is 148 Å². The Morgan fingerprint density at radius 2 is 1.73 bits per heavy atom. The van der Waals surface area contributed by atoms with Crippen LogP contribution in [0.3, 0.4) is 0 Å². The first-order valence-electron chi connectivity index (χ1n) is 8.15. The lowest BCUT2D eigenvalue weighted by atomic mass is 9.96. The quantitative estimate of drug-likeness (QED) is 0.793. The van der Waals surface area contributed by atoms with E-state index < -0.39 is 49.6 Å². The molecule has 2 rings (SSSR count). The van der Waals surface area contributed by atoms with Gasteiger partial charge in [0.25, 0.3) is 5.91 Å². The third-order valence-electron chi connectivity index (χ3n) is 4.07. The van der Waals surface area contributed by atoms with Gasteiger partial charge >= 0.3 is 12.1 Å². The van der Waals surface area contributed by atoms with Crippen molar-refractivity contribution in [1.29, 1.82) is 0 Å². The van der Waals surface area contributed by atoms with Crippen LogP contribution in [0.1, 0.15) is 13.3 Å². The summed E-state index contributed by atoms with van der Waals surface area (Å²) in [7, 11) is 0. The minimum atomic E-state index is -4.67. The molecule has 0 bridgehead atoms. The molecule has 2 atom stereocenters. The maximum atomic E-state index is 12.9. The SMILES string of the molecule is CCCOc1ccc(OCC(=O)N2C[C@@H](C(F)(F)F)[C@H](C(=O)O)C2)cc1. The molecule has 26 heavy (non-hydrogen) atoms. The molecule has 1 amide bonds. The lowest BCUT2D eigenvalue weighted by Gasteiger charge is -2.18. The fourth-order valence-corrected chi connectivity index (χ4v) is 2.68. The largest absolute Gasteiger partial charge is 0.494 e. The smallest absolute Gasteiger partial charge is 0.394 e. The molecule has 1 aliphatic rings. The number of benzene rings is 1. The first-order chi connectivity index (χ1) is 12.2. The Balaban J connectivity index is 1.90. The van der Waals surface area contributed by atoms with Crippen LogP contribution in [0.5, 0.6) is 11.5 Å². The van der Waals surface area contributed by atoms with Crippen molar-refractivity contribution in [3.63, 3.8) is 0 Å². The van der Waals surface area contributed by atoms with Crippen LogP contribution in [0, 0.1) is 11.8 Å². The number of hydrogen-bond acceptors (Lipinski definition) is 4. The normalized spacial score (nSPS) is 20.1. The number of carbonyl (C=O) groups is 2. The molecule has 0 unspecified atom stereocenters. The van der Waals surface area contributed by atoms with E-state index in [1.165, 1.54) is 0 Å². The van der Waals surface area contributed by atoms with Crippen LogP contribution in [0.4, 0.5) is 13.2 Å². The number of likely N-dealkylation sites (tertiary alicyclic amines) is 1. The molecule has 1 saturated heterocycles. The molecular formula is C17H20F3NO5. The number of carboxylic acids is 1. The van der Waals surface area contributed by atoms with E-state index in [1.54, 1.807) is 24.3 Å².